The Balaban J connectivity index is 2.95. The number of sulfonamides is 1. The van der Waals surface area contributed by atoms with E-state index in [2.05, 4.69) is 5.10 Å². The molecular weight excluding hydrogens is 230 g/mol. The largest absolute Gasteiger partial charge is 0.396 e. The van der Waals surface area contributed by atoms with Gasteiger partial charge in [-0.25, -0.2) is 8.42 Å². The monoisotopic (exact) mass is 247 g/mol. The van der Waals surface area contributed by atoms with Crippen molar-refractivity contribution in [2.45, 2.75) is 18.4 Å². The number of aliphatic hydroxyl groups is 1. The molecule has 1 aromatic rings. The first kappa shape index (κ1) is 13.1. The third-order valence-corrected chi connectivity index (χ3v) is 4.35. The molecule has 6 nitrogen and oxygen atoms in total. The standard InChI is InChI=1S/C9H17N3O3S/c1-3-12(7-4-8-13)16(14,15)9-5-6-10-11(9)2/h5-6,13H,3-4,7-8H2,1-2H3. The molecule has 0 saturated heterocycles. The average molecular weight is 247 g/mol. The average Bonchev–Trinajstić information content (AvgIpc) is 2.66. The zero-order chi connectivity index (χ0) is 12.2. The van der Waals surface area contributed by atoms with Crippen LogP contribution in [-0.2, 0) is 17.1 Å². The van der Waals surface area contributed by atoms with Crippen LogP contribution in [0.25, 0.3) is 0 Å². The van der Waals surface area contributed by atoms with Gasteiger partial charge in [0.2, 0.25) is 0 Å². The SMILES string of the molecule is CCN(CCCO)S(=O)(=O)c1ccnn1C. The second-order valence-electron chi connectivity index (χ2n) is 3.37. The first-order valence-electron chi connectivity index (χ1n) is 5.13. The van der Waals surface area contributed by atoms with Crippen molar-refractivity contribution in [3.05, 3.63) is 12.3 Å². The van der Waals surface area contributed by atoms with Gasteiger partial charge in [0.15, 0.2) is 5.03 Å². The molecular formula is C9H17N3O3S. The summed E-state index contributed by atoms with van der Waals surface area (Å²) >= 11 is 0. The molecule has 16 heavy (non-hydrogen) atoms. The van der Waals surface area contributed by atoms with Gasteiger partial charge in [-0.15, -0.1) is 0 Å². The molecule has 1 aromatic heterocycles. The Kier molecular flexibility index (Phi) is 4.45. The fraction of sp³-hybridized carbons (Fsp3) is 0.667. The highest BCUT2D eigenvalue weighted by atomic mass is 32.2. The number of aryl methyl sites for hydroxylation is 1. The quantitative estimate of drug-likeness (QED) is 0.756. The van der Waals surface area contributed by atoms with Gasteiger partial charge in [-0.05, 0) is 12.5 Å². The second-order valence-corrected chi connectivity index (χ2v) is 5.25. The lowest BCUT2D eigenvalue weighted by atomic mass is 10.4. The number of rotatable bonds is 6. The summed E-state index contributed by atoms with van der Waals surface area (Å²) in [7, 11) is -1.90. The number of aromatic nitrogens is 2. The van der Waals surface area contributed by atoms with Crippen molar-refractivity contribution >= 4 is 10.0 Å². The van der Waals surface area contributed by atoms with E-state index in [4.69, 9.17) is 5.11 Å². The summed E-state index contributed by atoms with van der Waals surface area (Å²) < 4.78 is 26.9. The van der Waals surface area contributed by atoms with Crippen LogP contribution in [0.4, 0.5) is 0 Å². The predicted molar refractivity (Wildman–Crippen MR) is 59.3 cm³/mol. The van der Waals surface area contributed by atoms with Crippen molar-refractivity contribution in [3.63, 3.8) is 0 Å². The van der Waals surface area contributed by atoms with E-state index < -0.39 is 10.0 Å². The van der Waals surface area contributed by atoms with Gasteiger partial charge in [-0.3, -0.25) is 4.68 Å². The van der Waals surface area contributed by atoms with Crippen LogP contribution in [0, 0.1) is 0 Å². The van der Waals surface area contributed by atoms with E-state index >= 15 is 0 Å². The Bertz CT molecular complexity index is 427. The minimum Gasteiger partial charge on any atom is -0.396 e. The van der Waals surface area contributed by atoms with E-state index in [0.717, 1.165) is 0 Å². The van der Waals surface area contributed by atoms with E-state index in [1.807, 2.05) is 0 Å². The van der Waals surface area contributed by atoms with Crippen LogP contribution in [0.15, 0.2) is 17.3 Å². The van der Waals surface area contributed by atoms with Gasteiger partial charge in [0, 0.05) is 26.7 Å². The lowest BCUT2D eigenvalue weighted by molar-refractivity contribution is 0.270. The molecule has 7 heteroatoms. The van der Waals surface area contributed by atoms with Gasteiger partial charge in [0.1, 0.15) is 0 Å². The molecule has 1 heterocycles. The van der Waals surface area contributed by atoms with Crippen molar-refractivity contribution in [1.82, 2.24) is 14.1 Å². The second kappa shape index (κ2) is 5.42. The molecule has 0 amide bonds. The van der Waals surface area contributed by atoms with E-state index in [1.54, 1.807) is 14.0 Å². The van der Waals surface area contributed by atoms with Gasteiger partial charge in [-0.1, -0.05) is 6.92 Å². The molecule has 0 aliphatic rings. The maximum absolute atomic E-state index is 12.1. The van der Waals surface area contributed by atoms with Gasteiger partial charge < -0.3 is 5.11 Å². The van der Waals surface area contributed by atoms with Crippen molar-refractivity contribution in [3.8, 4) is 0 Å². The number of hydrogen-bond acceptors (Lipinski definition) is 4. The van der Waals surface area contributed by atoms with Crippen LogP contribution in [0.1, 0.15) is 13.3 Å². The van der Waals surface area contributed by atoms with Crippen molar-refractivity contribution < 1.29 is 13.5 Å². The lowest BCUT2D eigenvalue weighted by Crippen LogP contribution is -2.33. The Morgan fingerprint density at radius 2 is 2.25 bits per heavy atom. The third-order valence-electron chi connectivity index (χ3n) is 2.30. The minimum absolute atomic E-state index is 0.0165. The lowest BCUT2D eigenvalue weighted by Gasteiger charge is -2.19. The zero-order valence-corrected chi connectivity index (χ0v) is 10.3. The summed E-state index contributed by atoms with van der Waals surface area (Å²) in [5, 5.41) is 12.7. The van der Waals surface area contributed by atoms with E-state index in [0.29, 0.717) is 19.5 Å². The van der Waals surface area contributed by atoms with Crippen molar-refractivity contribution in [2.75, 3.05) is 19.7 Å². The third kappa shape index (κ3) is 2.60. The maximum Gasteiger partial charge on any atom is 0.260 e. The van der Waals surface area contributed by atoms with Crippen molar-refractivity contribution in [2.24, 2.45) is 7.05 Å². The van der Waals surface area contributed by atoms with Crippen LogP contribution in [0.3, 0.4) is 0 Å². The minimum atomic E-state index is -3.49. The number of hydrogen-bond donors (Lipinski definition) is 1. The molecule has 0 unspecified atom stereocenters. The van der Waals surface area contributed by atoms with Gasteiger partial charge in [0.05, 0.1) is 6.20 Å². The maximum atomic E-state index is 12.1. The summed E-state index contributed by atoms with van der Waals surface area (Å²) in [6, 6.07) is 1.47. The summed E-state index contributed by atoms with van der Waals surface area (Å²) in [6.07, 6.45) is 1.89. The highest BCUT2D eigenvalue weighted by molar-refractivity contribution is 7.89. The summed E-state index contributed by atoms with van der Waals surface area (Å²) in [5.41, 5.74) is 0. The first-order chi connectivity index (χ1) is 7.54. The predicted octanol–water partition coefficient (Wildman–Crippen LogP) is -0.187. The fourth-order valence-corrected chi connectivity index (χ4v) is 3.03. The molecule has 0 atom stereocenters. The van der Waals surface area contributed by atoms with Crippen LogP contribution >= 0.6 is 0 Å². The van der Waals surface area contributed by atoms with E-state index in [1.165, 1.54) is 21.3 Å². The highest BCUT2D eigenvalue weighted by Gasteiger charge is 2.25. The summed E-state index contributed by atoms with van der Waals surface area (Å²) in [5.74, 6) is 0. The Labute approximate surface area is 95.5 Å². The molecule has 0 spiro atoms. The highest BCUT2D eigenvalue weighted by Crippen LogP contribution is 2.14. The summed E-state index contributed by atoms with van der Waals surface area (Å²) in [6.45, 7) is 2.46. The Morgan fingerprint density at radius 3 is 2.69 bits per heavy atom. The van der Waals surface area contributed by atoms with Crippen LogP contribution in [0.5, 0.6) is 0 Å². The Hall–Kier alpha value is -0.920. The number of nitrogens with zero attached hydrogens (tertiary/aromatic N) is 3. The Morgan fingerprint density at radius 1 is 1.56 bits per heavy atom. The molecule has 0 fully saturated rings. The van der Waals surface area contributed by atoms with Crippen LogP contribution in [0.2, 0.25) is 0 Å². The van der Waals surface area contributed by atoms with Crippen LogP contribution < -0.4 is 0 Å². The van der Waals surface area contributed by atoms with Gasteiger partial charge in [0.25, 0.3) is 10.0 Å². The number of aliphatic hydroxyl groups excluding tert-OH is 1. The molecule has 92 valence electrons. The summed E-state index contributed by atoms with van der Waals surface area (Å²) in [4.78, 5) is 0. The van der Waals surface area contributed by atoms with E-state index in [9.17, 15) is 8.42 Å². The molecule has 0 radical (unpaired) electrons. The van der Waals surface area contributed by atoms with Gasteiger partial charge in [-0.2, -0.15) is 9.40 Å². The molecule has 0 aliphatic carbocycles. The molecule has 0 bridgehead atoms. The normalized spacial score (nSPS) is 12.2. The topological polar surface area (TPSA) is 75.4 Å². The fourth-order valence-electron chi connectivity index (χ4n) is 1.44. The van der Waals surface area contributed by atoms with Gasteiger partial charge >= 0.3 is 0 Å². The van der Waals surface area contributed by atoms with Crippen LogP contribution in [-0.4, -0.2) is 47.3 Å². The zero-order valence-electron chi connectivity index (χ0n) is 9.50. The smallest absolute Gasteiger partial charge is 0.260 e. The van der Waals surface area contributed by atoms with E-state index in [-0.39, 0.29) is 11.6 Å². The molecule has 1 N–H and O–H groups in total. The molecule has 0 saturated carbocycles. The van der Waals surface area contributed by atoms with Crippen molar-refractivity contribution in [1.29, 1.82) is 0 Å². The molecule has 1 rings (SSSR count). The molecule has 0 aliphatic heterocycles. The molecule has 0 aromatic carbocycles. The first-order valence-corrected chi connectivity index (χ1v) is 6.57.